The van der Waals surface area contributed by atoms with Crippen molar-refractivity contribution in [1.82, 2.24) is 19.7 Å². The molecule has 138 valence electrons. The van der Waals surface area contributed by atoms with Gasteiger partial charge in [0, 0.05) is 43.5 Å². The topological polar surface area (TPSA) is 48.9 Å². The van der Waals surface area contributed by atoms with Gasteiger partial charge in [-0.3, -0.25) is 4.79 Å². The van der Waals surface area contributed by atoms with Crippen LogP contribution in [0.2, 0.25) is 0 Å². The number of fused-ring (bicyclic) bond motifs is 1. The molecule has 3 rings (SSSR count). The number of likely N-dealkylation sites (tertiary alicyclic amines) is 2. The Morgan fingerprint density at radius 1 is 1.36 bits per heavy atom. The van der Waals surface area contributed by atoms with E-state index in [9.17, 15) is 4.79 Å². The van der Waals surface area contributed by atoms with Crippen molar-refractivity contribution in [3.63, 3.8) is 0 Å². The molecule has 1 amide bonds. The molecule has 25 heavy (non-hydrogen) atoms. The van der Waals surface area contributed by atoms with Crippen molar-refractivity contribution < 1.29 is 9.53 Å². The number of likely N-dealkylation sites (N-methyl/N-ethyl adjacent to an activating group) is 1. The third kappa shape index (κ3) is 4.50. The lowest BCUT2D eigenvalue weighted by Gasteiger charge is -2.46. The van der Waals surface area contributed by atoms with E-state index in [2.05, 4.69) is 21.8 Å². The number of ether oxygens (including phenoxy) is 1. The third-order valence-electron chi connectivity index (χ3n) is 5.40. The van der Waals surface area contributed by atoms with Crippen molar-refractivity contribution >= 4 is 5.91 Å². The summed E-state index contributed by atoms with van der Waals surface area (Å²) in [4.78, 5) is 23.7. The number of rotatable bonds is 5. The lowest BCUT2D eigenvalue weighted by molar-refractivity contribution is 0.0316. The number of carbonyl (C=O) groups excluding carboxylic acids is 1. The Labute approximate surface area is 150 Å². The minimum Gasteiger partial charge on any atom is -0.476 e. The molecule has 6 heteroatoms. The van der Waals surface area contributed by atoms with Gasteiger partial charge >= 0.3 is 0 Å². The predicted molar refractivity (Wildman–Crippen MR) is 97.9 cm³/mol. The summed E-state index contributed by atoms with van der Waals surface area (Å²) in [6.07, 6.45) is 5.20. The van der Waals surface area contributed by atoms with Crippen molar-refractivity contribution in [2.75, 3.05) is 53.9 Å². The Morgan fingerprint density at radius 2 is 2.20 bits per heavy atom. The number of nitrogens with zero attached hydrogens (tertiary/aromatic N) is 4. The summed E-state index contributed by atoms with van der Waals surface area (Å²) < 4.78 is 5.66. The molecule has 2 fully saturated rings. The average Bonchev–Trinajstić information content (AvgIpc) is 2.61. The molecule has 0 saturated carbocycles. The van der Waals surface area contributed by atoms with Crippen LogP contribution >= 0.6 is 0 Å². The Balaban J connectivity index is 1.61. The van der Waals surface area contributed by atoms with Crippen LogP contribution in [0.25, 0.3) is 0 Å². The minimum atomic E-state index is 0.103. The molecular weight excluding hydrogens is 316 g/mol. The average molecular weight is 346 g/mol. The highest BCUT2D eigenvalue weighted by Crippen LogP contribution is 2.30. The van der Waals surface area contributed by atoms with Gasteiger partial charge in [0.1, 0.15) is 6.61 Å². The van der Waals surface area contributed by atoms with E-state index < -0.39 is 0 Å². The van der Waals surface area contributed by atoms with Gasteiger partial charge in [0.2, 0.25) is 5.88 Å². The highest BCUT2D eigenvalue weighted by molar-refractivity contribution is 5.94. The molecule has 0 spiro atoms. The van der Waals surface area contributed by atoms with Gasteiger partial charge in [0.05, 0.1) is 0 Å². The molecule has 0 aromatic carbocycles. The molecule has 0 unspecified atom stereocenters. The number of amides is 1. The van der Waals surface area contributed by atoms with Crippen LogP contribution in [0.1, 0.15) is 29.6 Å². The fourth-order valence-electron chi connectivity index (χ4n) is 3.97. The van der Waals surface area contributed by atoms with E-state index in [1.165, 1.54) is 19.4 Å². The highest BCUT2D eigenvalue weighted by Gasteiger charge is 2.35. The largest absolute Gasteiger partial charge is 0.476 e. The van der Waals surface area contributed by atoms with E-state index in [-0.39, 0.29) is 5.91 Å². The van der Waals surface area contributed by atoms with Gasteiger partial charge in [0.25, 0.3) is 5.91 Å². The molecule has 2 atom stereocenters. The molecule has 1 aromatic rings. The molecule has 0 radical (unpaired) electrons. The number of hydrogen-bond donors (Lipinski definition) is 0. The van der Waals surface area contributed by atoms with Crippen molar-refractivity contribution in [2.24, 2.45) is 5.92 Å². The molecule has 0 bridgehead atoms. The monoisotopic (exact) mass is 346 g/mol. The maximum absolute atomic E-state index is 12.9. The van der Waals surface area contributed by atoms with Gasteiger partial charge in [-0.25, -0.2) is 4.98 Å². The maximum Gasteiger partial charge on any atom is 0.254 e. The summed E-state index contributed by atoms with van der Waals surface area (Å²) in [5, 5.41) is 0. The number of hydrogen-bond acceptors (Lipinski definition) is 5. The first-order chi connectivity index (χ1) is 12.0. The minimum absolute atomic E-state index is 0.103. The van der Waals surface area contributed by atoms with Crippen LogP contribution in [0.4, 0.5) is 0 Å². The molecule has 0 aliphatic carbocycles. The summed E-state index contributed by atoms with van der Waals surface area (Å²) in [6.45, 7) is 4.28. The Hall–Kier alpha value is -1.66. The molecule has 0 N–H and O–H groups in total. The highest BCUT2D eigenvalue weighted by atomic mass is 16.5. The summed E-state index contributed by atoms with van der Waals surface area (Å²) in [7, 11) is 6.22. The molecule has 1 aromatic heterocycles. The summed E-state index contributed by atoms with van der Waals surface area (Å²) >= 11 is 0. The van der Waals surface area contributed by atoms with Crippen LogP contribution in [0.15, 0.2) is 18.3 Å². The van der Waals surface area contributed by atoms with Crippen molar-refractivity contribution in [1.29, 1.82) is 0 Å². The van der Waals surface area contributed by atoms with E-state index in [4.69, 9.17) is 4.74 Å². The zero-order valence-corrected chi connectivity index (χ0v) is 15.6. The zero-order valence-electron chi connectivity index (χ0n) is 15.6. The zero-order chi connectivity index (χ0) is 17.8. The van der Waals surface area contributed by atoms with Gasteiger partial charge in [0.15, 0.2) is 0 Å². The fourth-order valence-corrected chi connectivity index (χ4v) is 3.97. The van der Waals surface area contributed by atoms with E-state index in [1.54, 1.807) is 18.3 Å². The van der Waals surface area contributed by atoms with Gasteiger partial charge in [-0.15, -0.1) is 0 Å². The SMILES string of the molecule is CN(C)CCOc1cc(C(=O)N2CC[C@H]3[C@H](CCCN3C)C2)ccn1. The lowest BCUT2D eigenvalue weighted by atomic mass is 9.84. The van der Waals surface area contributed by atoms with Crippen LogP contribution in [0, 0.1) is 5.92 Å². The van der Waals surface area contributed by atoms with Crippen LogP contribution in [0.5, 0.6) is 5.88 Å². The van der Waals surface area contributed by atoms with Crippen molar-refractivity contribution in [2.45, 2.75) is 25.3 Å². The van der Waals surface area contributed by atoms with Crippen LogP contribution < -0.4 is 4.74 Å². The molecule has 3 heterocycles. The van der Waals surface area contributed by atoms with Crippen LogP contribution in [0.3, 0.4) is 0 Å². The predicted octanol–water partition coefficient (Wildman–Crippen LogP) is 1.58. The van der Waals surface area contributed by atoms with Gasteiger partial charge in [-0.05, 0) is 58.9 Å². The third-order valence-corrected chi connectivity index (χ3v) is 5.40. The second-order valence-corrected chi connectivity index (χ2v) is 7.52. The second kappa shape index (κ2) is 8.15. The maximum atomic E-state index is 12.9. The van der Waals surface area contributed by atoms with Gasteiger partial charge in [-0.2, -0.15) is 0 Å². The van der Waals surface area contributed by atoms with Crippen molar-refractivity contribution in [3.05, 3.63) is 23.9 Å². The fraction of sp³-hybridized carbons (Fsp3) is 0.684. The number of aromatic nitrogens is 1. The smallest absolute Gasteiger partial charge is 0.254 e. The van der Waals surface area contributed by atoms with Gasteiger partial charge < -0.3 is 19.4 Å². The molecular formula is C19H30N4O2. The molecule has 6 nitrogen and oxygen atoms in total. The Bertz CT molecular complexity index is 593. The van der Waals surface area contributed by atoms with Gasteiger partial charge in [-0.1, -0.05) is 0 Å². The first-order valence-corrected chi connectivity index (χ1v) is 9.27. The van der Waals surface area contributed by atoms with E-state index >= 15 is 0 Å². The molecule has 2 aliphatic rings. The molecule has 2 aliphatic heterocycles. The number of piperidine rings is 2. The number of pyridine rings is 1. The summed E-state index contributed by atoms with van der Waals surface area (Å²) in [5.41, 5.74) is 0.678. The first-order valence-electron chi connectivity index (χ1n) is 9.27. The van der Waals surface area contributed by atoms with Crippen LogP contribution in [-0.4, -0.2) is 85.6 Å². The summed E-state index contributed by atoms with van der Waals surface area (Å²) in [6, 6.07) is 4.21. The standard InChI is InChI=1S/C19H30N4O2/c1-21(2)11-12-25-18-13-15(6-8-20-18)19(24)23-10-7-17-16(14-23)5-4-9-22(17)3/h6,8,13,16-17H,4-5,7,9-12,14H2,1-3H3/t16-,17+/m1/s1. The Kier molecular flexibility index (Phi) is 5.91. The molecule has 2 saturated heterocycles. The van der Waals surface area contributed by atoms with E-state index in [0.717, 1.165) is 26.1 Å². The van der Waals surface area contributed by atoms with Crippen molar-refractivity contribution in [3.8, 4) is 5.88 Å². The lowest BCUT2D eigenvalue weighted by Crippen LogP contribution is -2.53. The number of carbonyl (C=O) groups is 1. The second-order valence-electron chi connectivity index (χ2n) is 7.52. The first kappa shape index (κ1) is 18.1. The summed E-state index contributed by atoms with van der Waals surface area (Å²) in [5.74, 6) is 1.24. The van der Waals surface area contributed by atoms with E-state index in [0.29, 0.717) is 30.0 Å². The Morgan fingerprint density at radius 3 is 3.00 bits per heavy atom. The van der Waals surface area contributed by atoms with E-state index in [1.807, 2.05) is 19.0 Å². The van der Waals surface area contributed by atoms with Crippen LogP contribution in [-0.2, 0) is 0 Å². The quantitative estimate of drug-likeness (QED) is 0.810. The normalized spacial score (nSPS) is 24.2.